The molecule has 2 amide bonds. The Morgan fingerprint density at radius 1 is 1.08 bits per heavy atom. The van der Waals surface area contributed by atoms with Crippen LogP contribution in [0.25, 0.3) is 0 Å². The number of benzene rings is 1. The minimum absolute atomic E-state index is 0.000535. The molecule has 0 radical (unpaired) electrons. The number of hydrogen-bond acceptors (Lipinski definition) is 5. The van der Waals surface area contributed by atoms with E-state index in [2.05, 4.69) is 10.9 Å². The van der Waals surface area contributed by atoms with Gasteiger partial charge in [0.05, 0.1) is 9.77 Å². The van der Waals surface area contributed by atoms with Crippen molar-refractivity contribution in [1.82, 2.24) is 15.2 Å². The number of nitrogens with one attached hydrogen (secondary N) is 2. The van der Waals surface area contributed by atoms with E-state index >= 15 is 0 Å². The molecule has 0 fully saturated rings. The van der Waals surface area contributed by atoms with E-state index in [-0.39, 0.29) is 10.5 Å². The van der Waals surface area contributed by atoms with Gasteiger partial charge in [-0.15, -0.1) is 11.3 Å². The summed E-state index contributed by atoms with van der Waals surface area (Å²) >= 11 is 1.27. The average Bonchev–Trinajstić information content (AvgIpc) is 2.98. The molecule has 7 nitrogen and oxygen atoms in total. The molecule has 2 N–H and O–H groups in total. The van der Waals surface area contributed by atoms with Crippen LogP contribution in [0.3, 0.4) is 0 Å². The van der Waals surface area contributed by atoms with E-state index < -0.39 is 21.8 Å². The predicted octanol–water partition coefficient (Wildman–Crippen LogP) is 1.38. The first-order valence-electron chi connectivity index (χ1n) is 6.91. The summed E-state index contributed by atoms with van der Waals surface area (Å²) in [5, 5.41) is 1.78. The number of nitrogens with zero attached hydrogens (tertiary/aromatic N) is 1. The van der Waals surface area contributed by atoms with Crippen LogP contribution in [-0.2, 0) is 10.0 Å². The van der Waals surface area contributed by atoms with Crippen LogP contribution in [0.4, 0.5) is 0 Å². The van der Waals surface area contributed by atoms with Gasteiger partial charge in [0.1, 0.15) is 0 Å². The van der Waals surface area contributed by atoms with Gasteiger partial charge in [-0.1, -0.05) is 6.07 Å². The lowest BCUT2D eigenvalue weighted by Crippen LogP contribution is -2.41. The Balaban J connectivity index is 2.11. The number of carbonyl (C=O) groups is 2. The van der Waals surface area contributed by atoms with E-state index in [0.29, 0.717) is 4.88 Å². The van der Waals surface area contributed by atoms with Crippen molar-refractivity contribution in [3.63, 3.8) is 0 Å². The van der Waals surface area contributed by atoms with Crippen molar-refractivity contribution in [3.8, 4) is 0 Å². The third-order valence-corrected chi connectivity index (χ3v) is 6.06. The Labute approximate surface area is 144 Å². The molecule has 0 saturated carbocycles. The highest BCUT2D eigenvalue weighted by Gasteiger charge is 2.19. The highest BCUT2D eigenvalue weighted by Crippen LogP contribution is 2.16. The first-order chi connectivity index (χ1) is 11.2. The fourth-order valence-corrected chi connectivity index (χ4v) is 3.62. The maximum atomic E-state index is 12.1. The smallest absolute Gasteiger partial charge is 0.267 e. The molecule has 1 heterocycles. The highest BCUT2D eigenvalue weighted by molar-refractivity contribution is 7.89. The summed E-state index contributed by atoms with van der Waals surface area (Å²) in [5.74, 6) is -1.03. The fraction of sp³-hybridized carbons (Fsp3) is 0.200. The summed E-state index contributed by atoms with van der Waals surface area (Å²) in [6.07, 6.45) is 0. The lowest BCUT2D eigenvalue weighted by Gasteiger charge is -2.12. The zero-order chi connectivity index (χ0) is 17.9. The lowest BCUT2D eigenvalue weighted by molar-refractivity contribution is 0.0848. The van der Waals surface area contributed by atoms with Crippen molar-refractivity contribution in [3.05, 3.63) is 51.7 Å². The van der Waals surface area contributed by atoms with Crippen molar-refractivity contribution in [1.29, 1.82) is 0 Å². The first kappa shape index (κ1) is 18.1. The van der Waals surface area contributed by atoms with Crippen LogP contribution in [0.15, 0.2) is 40.6 Å². The summed E-state index contributed by atoms with van der Waals surface area (Å²) in [7, 11) is -0.821. The maximum Gasteiger partial charge on any atom is 0.280 e. The van der Waals surface area contributed by atoms with Gasteiger partial charge in [0.15, 0.2) is 0 Å². The number of sulfonamides is 1. The third kappa shape index (κ3) is 3.81. The van der Waals surface area contributed by atoms with E-state index in [1.165, 1.54) is 49.7 Å². The molecule has 0 atom stereocenters. The molecular weight excluding hydrogens is 350 g/mol. The molecule has 0 aliphatic rings. The van der Waals surface area contributed by atoms with E-state index in [0.717, 1.165) is 9.87 Å². The minimum atomic E-state index is -3.64. The van der Waals surface area contributed by atoms with Crippen molar-refractivity contribution < 1.29 is 18.0 Å². The molecule has 2 rings (SSSR count). The van der Waals surface area contributed by atoms with E-state index in [1.807, 2.05) is 0 Å². The largest absolute Gasteiger partial charge is 0.280 e. The molecule has 0 spiro atoms. The van der Waals surface area contributed by atoms with Crippen LogP contribution in [-0.4, -0.2) is 38.6 Å². The molecule has 128 valence electrons. The van der Waals surface area contributed by atoms with Gasteiger partial charge in [-0.25, -0.2) is 12.7 Å². The number of carbonyl (C=O) groups excluding carboxylic acids is 2. The van der Waals surface area contributed by atoms with E-state index in [4.69, 9.17) is 0 Å². The number of amides is 2. The van der Waals surface area contributed by atoms with Gasteiger partial charge in [0.2, 0.25) is 10.0 Å². The standard InChI is InChI=1S/C15H17N3O4S2/c1-10-7-8-23-13(10)15(20)17-16-14(19)11-5-4-6-12(9-11)24(21,22)18(2)3/h4-9H,1-3H3,(H,16,19)(H,17,20). The molecule has 2 aromatic rings. The topological polar surface area (TPSA) is 95.6 Å². The molecule has 0 aliphatic heterocycles. The third-order valence-electron chi connectivity index (χ3n) is 3.23. The first-order valence-corrected chi connectivity index (χ1v) is 9.23. The van der Waals surface area contributed by atoms with Crippen molar-refractivity contribution in [2.75, 3.05) is 14.1 Å². The zero-order valence-electron chi connectivity index (χ0n) is 13.4. The molecule has 9 heteroatoms. The monoisotopic (exact) mass is 367 g/mol. The molecule has 0 aliphatic carbocycles. The fourth-order valence-electron chi connectivity index (χ4n) is 1.86. The van der Waals surface area contributed by atoms with Crippen molar-refractivity contribution in [2.45, 2.75) is 11.8 Å². The number of rotatable bonds is 4. The Morgan fingerprint density at radius 2 is 1.75 bits per heavy atom. The average molecular weight is 367 g/mol. The summed E-state index contributed by atoms with van der Waals surface area (Å²) in [6.45, 7) is 1.79. The van der Waals surface area contributed by atoms with Crippen LogP contribution < -0.4 is 10.9 Å². The Bertz CT molecular complexity index is 872. The molecule has 24 heavy (non-hydrogen) atoms. The highest BCUT2D eigenvalue weighted by atomic mass is 32.2. The van der Waals surface area contributed by atoms with Gasteiger partial charge in [-0.3, -0.25) is 20.4 Å². The predicted molar refractivity (Wildman–Crippen MR) is 91.3 cm³/mol. The van der Waals surface area contributed by atoms with Gasteiger partial charge in [-0.05, 0) is 42.1 Å². The SMILES string of the molecule is Cc1ccsc1C(=O)NNC(=O)c1cccc(S(=O)(=O)N(C)C)c1. The van der Waals surface area contributed by atoms with Gasteiger partial charge in [-0.2, -0.15) is 0 Å². The number of hydrogen-bond donors (Lipinski definition) is 2. The van der Waals surface area contributed by atoms with Crippen molar-refractivity contribution >= 4 is 33.2 Å². The van der Waals surface area contributed by atoms with E-state index in [1.54, 1.807) is 18.4 Å². The molecule has 0 unspecified atom stereocenters. The Hall–Kier alpha value is -2.23. The quantitative estimate of drug-likeness (QED) is 0.798. The Morgan fingerprint density at radius 3 is 2.33 bits per heavy atom. The maximum absolute atomic E-state index is 12.1. The Kier molecular flexibility index (Phi) is 5.37. The minimum Gasteiger partial charge on any atom is -0.267 e. The molecule has 0 bridgehead atoms. The molecule has 1 aromatic carbocycles. The number of hydrazine groups is 1. The van der Waals surface area contributed by atoms with Gasteiger partial charge >= 0.3 is 0 Å². The molecule has 0 saturated heterocycles. The lowest BCUT2D eigenvalue weighted by atomic mass is 10.2. The van der Waals surface area contributed by atoms with Gasteiger partial charge in [0, 0.05) is 19.7 Å². The molecule has 1 aromatic heterocycles. The van der Waals surface area contributed by atoms with Crippen molar-refractivity contribution in [2.24, 2.45) is 0 Å². The summed E-state index contributed by atoms with van der Waals surface area (Å²) < 4.78 is 25.2. The van der Waals surface area contributed by atoms with Crippen LogP contribution in [0, 0.1) is 6.92 Å². The second kappa shape index (κ2) is 7.12. The van der Waals surface area contributed by atoms with Gasteiger partial charge < -0.3 is 0 Å². The normalized spacial score (nSPS) is 11.3. The van der Waals surface area contributed by atoms with Crippen LogP contribution in [0.5, 0.6) is 0 Å². The second-order valence-corrected chi connectivity index (χ2v) is 8.22. The van der Waals surface area contributed by atoms with Crippen LogP contribution in [0.2, 0.25) is 0 Å². The molecular formula is C15H17N3O4S2. The zero-order valence-corrected chi connectivity index (χ0v) is 15.0. The summed E-state index contributed by atoms with van der Waals surface area (Å²) in [4.78, 5) is 24.6. The summed E-state index contributed by atoms with van der Waals surface area (Å²) in [5.41, 5.74) is 5.54. The second-order valence-electron chi connectivity index (χ2n) is 5.16. The van der Waals surface area contributed by atoms with E-state index in [9.17, 15) is 18.0 Å². The van der Waals surface area contributed by atoms with Gasteiger partial charge in [0.25, 0.3) is 11.8 Å². The summed E-state index contributed by atoms with van der Waals surface area (Å²) in [6, 6.07) is 7.40. The number of aryl methyl sites for hydroxylation is 1. The van der Waals surface area contributed by atoms with Crippen LogP contribution in [0.1, 0.15) is 25.6 Å². The van der Waals surface area contributed by atoms with Crippen LogP contribution >= 0.6 is 11.3 Å². The number of thiophene rings is 1.